The molecule has 1 amide bonds. The minimum atomic E-state index is -3.79. The smallest absolute Gasteiger partial charge is 0.261 e. The number of carbonyl (C=O) groups excluding carboxylic acids is 1. The van der Waals surface area contributed by atoms with Crippen molar-refractivity contribution < 1.29 is 13.2 Å². The van der Waals surface area contributed by atoms with Gasteiger partial charge in [-0.25, -0.2) is 8.42 Å². The molecule has 2 aromatic carbocycles. The summed E-state index contributed by atoms with van der Waals surface area (Å²) in [6, 6.07) is 9.93. The molecular weight excluding hydrogens is 348 g/mol. The van der Waals surface area contributed by atoms with Crippen LogP contribution < -0.4 is 10.0 Å². The largest absolute Gasteiger partial charge is 0.352 e. The van der Waals surface area contributed by atoms with E-state index in [0.29, 0.717) is 23.7 Å². The molecule has 2 rings (SSSR count). The van der Waals surface area contributed by atoms with E-state index in [-0.39, 0.29) is 10.8 Å². The summed E-state index contributed by atoms with van der Waals surface area (Å²) in [5, 5.41) is 2.80. The summed E-state index contributed by atoms with van der Waals surface area (Å²) >= 11 is 0. The van der Waals surface area contributed by atoms with Crippen molar-refractivity contribution in [3.8, 4) is 0 Å². The lowest BCUT2D eigenvalue weighted by atomic mass is 10.1. The van der Waals surface area contributed by atoms with Crippen LogP contribution in [-0.4, -0.2) is 20.9 Å². The SMILES string of the molecule is Cc1cc(C)c(NS(=O)(=O)c2cccc(C(=O)NCC(C)C)c2)c(C)c1. The molecule has 5 nitrogen and oxygen atoms in total. The highest BCUT2D eigenvalue weighted by molar-refractivity contribution is 7.92. The summed E-state index contributed by atoms with van der Waals surface area (Å²) in [5.74, 6) is 0.0402. The van der Waals surface area contributed by atoms with Gasteiger partial charge in [0.25, 0.3) is 15.9 Å². The molecule has 0 unspecified atom stereocenters. The van der Waals surface area contributed by atoms with Crippen LogP contribution in [-0.2, 0) is 10.0 Å². The van der Waals surface area contributed by atoms with Gasteiger partial charge in [0.1, 0.15) is 0 Å². The number of sulfonamides is 1. The van der Waals surface area contributed by atoms with Gasteiger partial charge in [0, 0.05) is 12.1 Å². The Morgan fingerprint density at radius 1 is 1.04 bits per heavy atom. The van der Waals surface area contributed by atoms with Crippen molar-refractivity contribution in [1.29, 1.82) is 0 Å². The standard InChI is InChI=1S/C20H26N2O3S/c1-13(2)12-21-20(23)17-7-6-8-18(11-17)26(24,25)22-19-15(4)9-14(3)10-16(19)5/h6-11,13,22H,12H2,1-5H3,(H,21,23). The van der Waals surface area contributed by atoms with Gasteiger partial charge in [0.2, 0.25) is 0 Å². The average molecular weight is 375 g/mol. The Labute approximate surface area is 155 Å². The minimum absolute atomic E-state index is 0.0640. The lowest BCUT2D eigenvalue weighted by molar-refractivity contribution is 0.0949. The molecule has 0 fully saturated rings. The van der Waals surface area contributed by atoms with Crippen LogP contribution in [0.2, 0.25) is 0 Å². The molecule has 0 aliphatic carbocycles. The number of anilines is 1. The summed E-state index contributed by atoms with van der Waals surface area (Å²) < 4.78 is 28.2. The second kappa shape index (κ2) is 7.91. The van der Waals surface area contributed by atoms with Crippen LogP contribution in [0.4, 0.5) is 5.69 Å². The van der Waals surface area contributed by atoms with E-state index in [4.69, 9.17) is 0 Å². The van der Waals surface area contributed by atoms with Gasteiger partial charge in [0.05, 0.1) is 10.6 Å². The Morgan fingerprint density at radius 3 is 2.23 bits per heavy atom. The Bertz CT molecular complexity index is 895. The van der Waals surface area contributed by atoms with Crippen LogP contribution >= 0.6 is 0 Å². The van der Waals surface area contributed by atoms with Crippen molar-refractivity contribution in [3.05, 3.63) is 58.7 Å². The molecule has 2 aromatic rings. The number of benzene rings is 2. The molecule has 0 saturated heterocycles. The van der Waals surface area contributed by atoms with Crippen molar-refractivity contribution in [1.82, 2.24) is 5.32 Å². The molecule has 0 aromatic heterocycles. The van der Waals surface area contributed by atoms with Gasteiger partial charge in [-0.3, -0.25) is 9.52 Å². The summed E-state index contributed by atoms with van der Waals surface area (Å²) in [5.41, 5.74) is 3.69. The first-order chi connectivity index (χ1) is 12.1. The van der Waals surface area contributed by atoms with Gasteiger partial charge >= 0.3 is 0 Å². The van der Waals surface area contributed by atoms with Crippen molar-refractivity contribution >= 4 is 21.6 Å². The van der Waals surface area contributed by atoms with E-state index in [1.807, 2.05) is 46.8 Å². The third-order valence-electron chi connectivity index (χ3n) is 3.99. The molecule has 0 atom stereocenters. The van der Waals surface area contributed by atoms with Gasteiger partial charge in [-0.2, -0.15) is 0 Å². The number of amides is 1. The highest BCUT2D eigenvalue weighted by Crippen LogP contribution is 2.25. The minimum Gasteiger partial charge on any atom is -0.352 e. The average Bonchev–Trinajstić information content (AvgIpc) is 2.56. The van der Waals surface area contributed by atoms with E-state index in [1.165, 1.54) is 12.1 Å². The van der Waals surface area contributed by atoms with E-state index >= 15 is 0 Å². The summed E-state index contributed by atoms with van der Waals surface area (Å²) in [6.45, 7) is 10.2. The zero-order valence-corrected chi connectivity index (χ0v) is 16.7. The fourth-order valence-corrected chi connectivity index (χ4v) is 3.99. The van der Waals surface area contributed by atoms with Gasteiger partial charge in [-0.05, 0) is 56.0 Å². The maximum Gasteiger partial charge on any atom is 0.261 e. The number of hydrogen-bond donors (Lipinski definition) is 2. The zero-order valence-electron chi connectivity index (χ0n) is 15.9. The number of carbonyl (C=O) groups is 1. The fraction of sp³-hybridized carbons (Fsp3) is 0.350. The first kappa shape index (κ1) is 20.0. The molecule has 0 saturated carbocycles. The number of aryl methyl sites for hydroxylation is 3. The molecule has 140 valence electrons. The van der Waals surface area contributed by atoms with Crippen LogP contribution in [0.15, 0.2) is 41.3 Å². The molecule has 0 aliphatic heterocycles. The Hall–Kier alpha value is -2.34. The normalized spacial score (nSPS) is 11.5. The number of rotatable bonds is 6. The Kier molecular flexibility index (Phi) is 6.08. The lowest BCUT2D eigenvalue weighted by Gasteiger charge is -2.15. The maximum atomic E-state index is 12.8. The number of nitrogens with one attached hydrogen (secondary N) is 2. The van der Waals surface area contributed by atoms with Gasteiger partial charge in [-0.15, -0.1) is 0 Å². The molecule has 0 aliphatic rings. The summed E-state index contributed by atoms with van der Waals surface area (Å²) in [7, 11) is -3.79. The van der Waals surface area contributed by atoms with Crippen molar-refractivity contribution in [3.63, 3.8) is 0 Å². The van der Waals surface area contributed by atoms with Gasteiger partial charge < -0.3 is 5.32 Å². The van der Waals surface area contributed by atoms with E-state index in [2.05, 4.69) is 10.0 Å². The lowest BCUT2D eigenvalue weighted by Crippen LogP contribution is -2.27. The highest BCUT2D eigenvalue weighted by Gasteiger charge is 2.18. The molecule has 0 heterocycles. The van der Waals surface area contributed by atoms with E-state index < -0.39 is 10.0 Å². The van der Waals surface area contributed by atoms with E-state index in [1.54, 1.807) is 12.1 Å². The summed E-state index contributed by atoms with van der Waals surface area (Å²) in [4.78, 5) is 12.3. The van der Waals surface area contributed by atoms with Crippen LogP contribution in [0.25, 0.3) is 0 Å². The van der Waals surface area contributed by atoms with Crippen LogP contribution in [0, 0.1) is 26.7 Å². The zero-order chi connectivity index (χ0) is 19.5. The first-order valence-electron chi connectivity index (χ1n) is 8.59. The third kappa shape index (κ3) is 4.85. The van der Waals surface area contributed by atoms with Crippen LogP contribution in [0.1, 0.15) is 40.9 Å². The second-order valence-electron chi connectivity index (χ2n) is 7.01. The predicted molar refractivity (Wildman–Crippen MR) is 105 cm³/mol. The monoisotopic (exact) mass is 374 g/mol. The Morgan fingerprint density at radius 2 is 1.65 bits per heavy atom. The molecule has 0 bridgehead atoms. The summed E-state index contributed by atoms with van der Waals surface area (Å²) in [6.07, 6.45) is 0. The van der Waals surface area contributed by atoms with Crippen LogP contribution in [0.5, 0.6) is 0 Å². The first-order valence-corrected chi connectivity index (χ1v) is 10.1. The van der Waals surface area contributed by atoms with E-state index in [0.717, 1.165) is 16.7 Å². The molecule has 0 spiro atoms. The fourth-order valence-electron chi connectivity index (χ4n) is 2.74. The molecule has 2 N–H and O–H groups in total. The molecular formula is C20H26N2O3S. The highest BCUT2D eigenvalue weighted by atomic mass is 32.2. The van der Waals surface area contributed by atoms with Gasteiger partial charge in [0.15, 0.2) is 0 Å². The molecule has 0 radical (unpaired) electrons. The van der Waals surface area contributed by atoms with Crippen molar-refractivity contribution in [2.24, 2.45) is 5.92 Å². The quantitative estimate of drug-likeness (QED) is 0.807. The Balaban J connectivity index is 2.30. The van der Waals surface area contributed by atoms with Crippen molar-refractivity contribution in [2.75, 3.05) is 11.3 Å². The van der Waals surface area contributed by atoms with Crippen LogP contribution in [0.3, 0.4) is 0 Å². The molecule has 6 heteroatoms. The number of hydrogen-bond acceptors (Lipinski definition) is 3. The molecule has 26 heavy (non-hydrogen) atoms. The third-order valence-corrected chi connectivity index (χ3v) is 5.34. The van der Waals surface area contributed by atoms with Gasteiger partial charge in [-0.1, -0.05) is 37.6 Å². The predicted octanol–water partition coefficient (Wildman–Crippen LogP) is 3.80. The topological polar surface area (TPSA) is 75.3 Å². The van der Waals surface area contributed by atoms with E-state index in [9.17, 15) is 13.2 Å². The van der Waals surface area contributed by atoms with Crippen molar-refractivity contribution in [2.45, 2.75) is 39.5 Å². The second-order valence-corrected chi connectivity index (χ2v) is 8.69. The maximum absolute atomic E-state index is 12.8.